The molecule has 1 N–H and O–H groups in total. The van der Waals surface area contributed by atoms with Gasteiger partial charge in [0.15, 0.2) is 5.78 Å². The number of unbranched alkanes of at least 4 members (excludes halogenated alkanes) is 1. The smallest absolute Gasteiger partial charge is 0.303 e. The van der Waals surface area contributed by atoms with Gasteiger partial charge in [-0.25, -0.2) is 0 Å². The molecule has 1 aromatic heterocycles. The fourth-order valence-electron chi connectivity index (χ4n) is 6.64. The zero-order valence-electron chi connectivity index (χ0n) is 27.2. The molecule has 0 saturated heterocycles. The maximum atomic E-state index is 13.1. The molecular weight excluding hydrogens is 605 g/mol. The maximum Gasteiger partial charge on any atom is 0.303 e. The van der Waals surface area contributed by atoms with Crippen molar-refractivity contribution in [2.45, 2.75) is 64.5 Å². The number of fused-ring (bicyclic) bond motifs is 1. The summed E-state index contributed by atoms with van der Waals surface area (Å²) in [5.41, 5.74) is 1.06. The SMILES string of the molecule is CC1=CC(=O)[C@H](C/C=C\CCCC(=O)O)[C@H]1/C=C/[C@@H](O[Si](c1ccccc1)(c1ccccc1)C(C)(C)C)c1cc2ccccc2s1. The monoisotopic (exact) mass is 648 g/mol. The van der Waals surface area contributed by atoms with Gasteiger partial charge in [0.25, 0.3) is 8.32 Å². The molecule has 0 bridgehead atoms. The van der Waals surface area contributed by atoms with Crippen LogP contribution in [0.5, 0.6) is 0 Å². The Morgan fingerprint density at radius 1 is 0.957 bits per heavy atom. The summed E-state index contributed by atoms with van der Waals surface area (Å²) in [6.07, 6.45) is 12.0. The number of carboxylic acids is 1. The zero-order valence-corrected chi connectivity index (χ0v) is 29.0. The molecule has 1 aliphatic carbocycles. The Kier molecular flexibility index (Phi) is 10.7. The summed E-state index contributed by atoms with van der Waals surface area (Å²) in [6, 6.07) is 32.2. The highest BCUT2D eigenvalue weighted by Gasteiger charge is 2.51. The second kappa shape index (κ2) is 14.7. The molecule has 0 unspecified atom stereocenters. The lowest BCUT2D eigenvalue weighted by Crippen LogP contribution is -2.66. The molecule has 1 aliphatic rings. The van der Waals surface area contributed by atoms with Crippen LogP contribution in [-0.2, 0) is 14.0 Å². The van der Waals surface area contributed by atoms with E-state index in [0.717, 1.165) is 10.5 Å². The normalized spacial score (nSPS) is 18.1. The van der Waals surface area contributed by atoms with Crippen LogP contribution in [0.4, 0.5) is 0 Å². The first-order chi connectivity index (χ1) is 22.1. The van der Waals surface area contributed by atoms with Crippen LogP contribution >= 0.6 is 11.3 Å². The molecule has 4 aromatic rings. The highest BCUT2D eigenvalue weighted by Crippen LogP contribution is 2.43. The van der Waals surface area contributed by atoms with E-state index in [4.69, 9.17) is 9.53 Å². The van der Waals surface area contributed by atoms with Gasteiger partial charge in [-0.05, 0) is 65.2 Å². The molecule has 5 rings (SSSR count). The lowest BCUT2D eigenvalue weighted by atomic mass is 9.87. The van der Waals surface area contributed by atoms with Crippen molar-refractivity contribution < 1.29 is 19.1 Å². The Morgan fingerprint density at radius 2 is 1.59 bits per heavy atom. The fraction of sp³-hybridized carbons (Fsp3) is 0.300. The van der Waals surface area contributed by atoms with Crippen LogP contribution in [-0.4, -0.2) is 25.2 Å². The minimum Gasteiger partial charge on any atom is -0.481 e. The van der Waals surface area contributed by atoms with E-state index in [1.54, 1.807) is 17.4 Å². The van der Waals surface area contributed by atoms with Crippen molar-refractivity contribution in [3.63, 3.8) is 0 Å². The molecule has 0 amide bonds. The summed E-state index contributed by atoms with van der Waals surface area (Å²) >= 11 is 1.77. The van der Waals surface area contributed by atoms with Crippen molar-refractivity contribution in [2.24, 2.45) is 11.8 Å². The molecule has 238 valence electrons. The van der Waals surface area contributed by atoms with Crippen molar-refractivity contribution in [2.75, 3.05) is 0 Å². The molecule has 0 spiro atoms. The van der Waals surface area contributed by atoms with E-state index < -0.39 is 14.3 Å². The Hall–Kier alpha value is -3.84. The lowest BCUT2D eigenvalue weighted by Gasteiger charge is -2.44. The number of aliphatic carboxylic acids is 1. The van der Waals surface area contributed by atoms with Crippen LogP contribution in [0.15, 0.2) is 127 Å². The van der Waals surface area contributed by atoms with E-state index in [2.05, 4.69) is 124 Å². The topological polar surface area (TPSA) is 63.6 Å². The van der Waals surface area contributed by atoms with Crippen molar-refractivity contribution in [3.05, 3.63) is 132 Å². The van der Waals surface area contributed by atoms with Gasteiger partial charge in [0, 0.05) is 27.8 Å². The minimum atomic E-state index is -2.89. The third kappa shape index (κ3) is 7.41. The summed E-state index contributed by atoms with van der Waals surface area (Å²) in [5, 5.41) is 12.4. The van der Waals surface area contributed by atoms with Crippen LogP contribution in [0, 0.1) is 11.8 Å². The number of hydrogen-bond donors (Lipinski definition) is 1. The number of rotatable bonds is 13. The highest BCUT2D eigenvalue weighted by atomic mass is 32.1. The van der Waals surface area contributed by atoms with Crippen molar-refractivity contribution in [1.29, 1.82) is 0 Å². The van der Waals surface area contributed by atoms with Gasteiger partial charge in [-0.1, -0.05) is 130 Å². The number of carbonyl (C=O) groups excluding carboxylic acids is 1. The van der Waals surface area contributed by atoms with Gasteiger partial charge in [0.1, 0.15) is 0 Å². The Bertz CT molecular complexity index is 1660. The van der Waals surface area contributed by atoms with Crippen molar-refractivity contribution >= 4 is 51.9 Å². The number of thiophene rings is 1. The molecule has 1 heterocycles. The summed E-state index contributed by atoms with van der Waals surface area (Å²) in [6.45, 7) is 8.94. The molecule has 3 aromatic carbocycles. The lowest BCUT2D eigenvalue weighted by molar-refractivity contribution is -0.137. The highest BCUT2D eigenvalue weighted by molar-refractivity contribution is 7.19. The molecule has 0 aliphatic heterocycles. The van der Waals surface area contributed by atoms with Gasteiger partial charge >= 0.3 is 5.97 Å². The second-order valence-corrected chi connectivity index (χ2v) is 18.6. The molecule has 4 nitrogen and oxygen atoms in total. The Balaban J connectivity index is 1.55. The zero-order chi connectivity index (χ0) is 32.7. The van der Waals surface area contributed by atoms with Gasteiger partial charge in [0.05, 0.1) is 6.10 Å². The average molecular weight is 649 g/mol. The van der Waals surface area contributed by atoms with Gasteiger partial charge < -0.3 is 9.53 Å². The first kappa shape index (κ1) is 33.5. The van der Waals surface area contributed by atoms with Crippen molar-refractivity contribution in [1.82, 2.24) is 0 Å². The molecule has 0 radical (unpaired) electrons. The standard InChI is InChI=1S/C40H44O4SSi/c1-29-27-35(41)34(22-13-5-6-14-24-39(42)43)33(29)25-26-36(38-28-30-17-15-16-23-37(30)45-38)44-46(40(2,3)4,31-18-9-7-10-19-31)32-20-11-8-12-21-32/h5,7-13,15-21,23,25-28,33-34,36H,6,14,22,24H2,1-4H3,(H,42,43)/b13-5-,26-25+/t33-,34+,36+/m0/s1. The summed E-state index contributed by atoms with van der Waals surface area (Å²) in [4.78, 5) is 25.1. The molecule has 3 atom stereocenters. The largest absolute Gasteiger partial charge is 0.481 e. The van der Waals surface area contributed by atoms with E-state index in [1.807, 2.05) is 19.1 Å². The molecule has 0 saturated carbocycles. The minimum absolute atomic E-state index is 0.0317. The molecule has 46 heavy (non-hydrogen) atoms. The first-order valence-electron chi connectivity index (χ1n) is 16.1. The third-order valence-electron chi connectivity index (χ3n) is 8.95. The van der Waals surface area contributed by atoms with E-state index in [-0.39, 0.29) is 35.2 Å². The molecule has 0 fully saturated rings. The number of benzene rings is 3. The van der Waals surface area contributed by atoms with E-state index in [0.29, 0.717) is 19.3 Å². The Labute approximate surface area is 278 Å². The van der Waals surface area contributed by atoms with Crippen LogP contribution in [0.2, 0.25) is 5.04 Å². The predicted molar refractivity (Wildman–Crippen MR) is 193 cm³/mol. The summed E-state index contributed by atoms with van der Waals surface area (Å²) < 4.78 is 8.91. The summed E-state index contributed by atoms with van der Waals surface area (Å²) in [5.74, 6) is -0.842. The molecule has 6 heteroatoms. The van der Waals surface area contributed by atoms with Gasteiger partial charge in [-0.15, -0.1) is 11.3 Å². The number of carboxylic acid groups (broad SMARTS) is 1. The van der Waals surface area contributed by atoms with Crippen LogP contribution in [0.25, 0.3) is 10.1 Å². The third-order valence-corrected chi connectivity index (χ3v) is 15.1. The van der Waals surface area contributed by atoms with Gasteiger partial charge in [-0.3, -0.25) is 9.59 Å². The first-order valence-corrected chi connectivity index (χ1v) is 18.9. The van der Waals surface area contributed by atoms with Gasteiger partial charge in [-0.2, -0.15) is 0 Å². The number of allylic oxidation sites excluding steroid dienone is 5. The average Bonchev–Trinajstić information content (AvgIpc) is 3.58. The van der Waals surface area contributed by atoms with Crippen molar-refractivity contribution in [3.8, 4) is 0 Å². The quantitative estimate of drug-likeness (QED) is 0.0893. The van der Waals surface area contributed by atoms with E-state index >= 15 is 0 Å². The van der Waals surface area contributed by atoms with E-state index in [1.165, 1.54) is 20.5 Å². The number of ketones is 1. The molecular formula is C40H44O4SSi. The van der Waals surface area contributed by atoms with Crippen LogP contribution in [0.1, 0.15) is 64.4 Å². The second-order valence-electron chi connectivity index (χ2n) is 13.2. The fourth-order valence-corrected chi connectivity index (χ4v) is 12.4. The Morgan fingerprint density at radius 3 is 2.20 bits per heavy atom. The van der Waals surface area contributed by atoms with Crippen LogP contribution < -0.4 is 10.4 Å². The van der Waals surface area contributed by atoms with E-state index in [9.17, 15) is 9.59 Å². The predicted octanol–water partition coefficient (Wildman–Crippen LogP) is 9.04. The van der Waals surface area contributed by atoms with Gasteiger partial charge in [0.2, 0.25) is 0 Å². The maximum absolute atomic E-state index is 13.1. The summed E-state index contributed by atoms with van der Waals surface area (Å²) in [7, 11) is -2.89. The number of hydrogen-bond acceptors (Lipinski definition) is 4. The van der Waals surface area contributed by atoms with Crippen LogP contribution in [0.3, 0.4) is 0 Å². The number of carbonyl (C=O) groups is 2.